The first-order valence-electron chi connectivity index (χ1n) is 6.40. The van der Waals surface area contributed by atoms with Crippen molar-refractivity contribution in [2.45, 2.75) is 32.1 Å². The molecular weight excluding hydrogens is 334 g/mol. The summed E-state index contributed by atoms with van der Waals surface area (Å²) in [5.74, 6) is 0.0590. The van der Waals surface area contributed by atoms with E-state index in [0.29, 0.717) is 6.42 Å². The minimum Gasteiger partial charge on any atom is -0.215 e. The van der Waals surface area contributed by atoms with Gasteiger partial charge in [-0.1, -0.05) is 32.9 Å². The Kier molecular flexibility index (Phi) is 5.83. The van der Waals surface area contributed by atoms with Gasteiger partial charge in [0.05, 0.1) is 10.6 Å². The summed E-state index contributed by atoms with van der Waals surface area (Å²) in [7, 11) is -1.81. The van der Waals surface area contributed by atoms with Crippen molar-refractivity contribution in [2.24, 2.45) is 5.41 Å². The average molecular weight is 354 g/mol. The molecular formula is C13H20ClNO4S2. The number of hydrogen-bond donors (Lipinski definition) is 1. The predicted octanol–water partition coefficient (Wildman–Crippen LogP) is 2.12. The van der Waals surface area contributed by atoms with Crippen LogP contribution < -0.4 is 4.72 Å². The molecule has 0 amide bonds. The van der Waals surface area contributed by atoms with E-state index >= 15 is 0 Å². The Morgan fingerprint density at radius 1 is 1.05 bits per heavy atom. The molecule has 0 saturated carbocycles. The lowest BCUT2D eigenvalue weighted by Crippen LogP contribution is -2.33. The molecule has 1 N–H and O–H groups in total. The molecule has 0 atom stereocenters. The van der Waals surface area contributed by atoms with Gasteiger partial charge in [-0.2, -0.15) is 0 Å². The van der Waals surface area contributed by atoms with Gasteiger partial charge in [0.15, 0.2) is 0 Å². The van der Waals surface area contributed by atoms with E-state index in [1.165, 1.54) is 12.1 Å². The lowest BCUT2D eigenvalue weighted by atomic mass is 10.0. The lowest BCUT2D eigenvalue weighted by molar-refractivity contribution is 0.458. The highest BCUT2D eigenvalue weighted by Crippen LogP contribution is 2.16. The van der Waals surface area contributed by atoms with Gasteiger partial charge < -0.3 is 0 Å². The zero-order chi connectivity index (χ0) is 16.3. The summed E-state index contributed by atoms with van der Waals surface area (Å²) in [6.45, 7) is 5.85. The van der Waals surface area contributed by atoms with Crippen LogP contribution in [-0.4, -0.2) is 29.1 Å². The van der Waals surface area contributed by atoms with Crippen molar-refractivity contribution < 1.29 is 16.8 Å². The van der Waals surface area contributed by atoms with Crippen molar-refractivity contribution in [3.05, 3.63) is 29.8 Å². The third kappa shape index (κ3) is 7.26. The second kappa shape index (κ2) is 6.64. The van der Waals surface area contributed by atoms with Crippen molar-refractivity contribution in [1.29, 1.82) is 0 Å². The third-order valence-corrected chi connectivity index (χ3v) is 5.82. The fourth-order valence-electron chi connectivity index (χ4n) is 1.79. The molecule has 0 bridgehead atoms. The van der Waals surface area contributed by atoms with Gasteiger partial charge in [0, 0.05) is 17.2 Å². The highest BCUT2D eigenvalue weighted by atomic mass is 35.7. The van der Waals surface area contributed by atoms with Crippen LogP contribution in [0.2, 0.25) is 0 Å². The maximum absolute atomic E-state index is 11.8. The molecule has 0 aliphatic heterocycles. The minimum atomic E-state index is -3.72. The Morgan fingerprint density at radius 2 is 1.57 bits per heavy atom. The van der Waals surface area contributed by atoms with E-state index in [4.69, 9.17) is 10.7 Å². The average Bonchev–Trinajstić information content (AvgIpc) is 2.24. The van der Waals surface area contributed by atoms with Gasteiger partial charge in [-0.15, -0.1) is 0 Å². The SMILES string of the molecule is CC(C)(C)CS(=O)(=O)NCCc1ccc(S(=O)(=O)Cl)cc1. The first-order chi connectivity index (χ1) is 9.39. The number of halogens is 1. The fraction of sp³-hybridized carbons (Fsp3) is 0.538. The van der Waals surface area contributed by atoms with Gasteiger partial charge in [-0.05, 0) is 29.5 Å². The molecule has 1 rings (SSSR count). The van der Waals surface area contributed by atoms with E-state index in [2.05, 4.69) is 4.72 Å². The lowest BCUT2D eigenvalue weighted by Gasteiger charge is -2.18. The van der Waals surface area contributed by atoms with Gasteiger partial charge in [-0.3, -0.25) is 0 Å². The second-order valence-electron chi connectivity index (χ2n) is 6.05. The molecule has 0 spiro atoms. The molecule has 0 aliphatic carbocycles. The summed E-state index contributed by atoms with van der Waals surface area (Å²) in [4.78, 5) is 0.0289. The first-order valence-corrected chi connectivity index (χ1v) is 10.4. The Hall–Kier alpha value is -0.630. The molecule has 0 aliphatic rings. The molecule has 21 heavy (non-hydrogen) atoms. The topological polar surface area (TPSA) is 80.3 Å². The summed E-state index contributed by atoms with van der Waals surface area (Å²) in [5, 5.41) is 0. The maximum Gasteiger partial charge on any atom is 0.261 e. The number of hydrogen-bond acceptors (Lipinski definition) is 4. The zero-order valence-electron chi connectivity index (χ0n) is 12.3. The molecule has 5 nitrogen and oxygen atoms in total. The highest BCUT2D eigenvalue weighted by molar-refractivity contribution is 8.13. The molecule has 120 valence electrons. The van der Waals surface area contributed by atoms with Crippen LogP contribution in [-0.2, 0) is 25.5 Å². The largest absolute Gasteiger partial charge is 0.261 e. The van der Waals surface area contributed by atoms with Crippen molar-refractivity contribution in [1.82, 2.24) is 4.72 Å². The van der Waals surface area contributed by atoms with Gasteiger partial charge in [0.25, 0.3) is 9.05 Å². The van der Waals surface area contributed by atoms with E-state index in [1.54, 1.807) is 12.1 Å². The van der Waals surface area contributed by atoms with Gasteiger partial charge in [-0.25, -0.2) is 21.6 Å². The molecule has 1 aromatic rings. The number of benzene rings is 1. The van der Waals surface area contributed by atoms with Crippen LogP contribution in [0, 0.1) is 5.41 Å². The van der Waals surface area contributed by atoms with Crippen LogP contribution in [0.5, 0.6) is 0 Å². The Morgan fingerprint density at radius 3 is 2.00 bits per heavy atom. The molecule has 1 aromatic carbocycles. The number of nitrogens with one attached hydrogen (secondary N) is 1. The van der Waals surface area contributed by atoms with Gasteiger partial charge in [0.1, 0.15) is 0 Å². The highest BCUT2D eigenvalue weighted by Gasteiger charge is 2.20. The Bertz CT molecular complexity index is 674. The quantitative estimate of drug-likeness (QED) is 0.794. The van der Waals surface area contributed by atoms with Crippen LogP contribution in [0.25, 0.3) is 0 Å². The smallest absolute Gasteiger partial charge is 0.215 e. The third-order valence-electron chi connectivity index (χ3n) is 2.56. The molecule has 8 heteroatoms. The maximum atomic E-state index is 11.8. The summed E-state index contributed by atoms with van der Waals surface area (Å²) >= 11 is 0. The predicted molar refractivity (Wildman–Crippen MR) is 84.4 cm³/mol. The zero-order valence-corrected chi connectivity index (χ0v) is 14.6. The summed E-state index contributed by atoms with van der Waals surface area (Å²) < 4.78 is 48.4. The van der Waals surface area contributed by atoms with Crippen LogP contribution in [0.4, 0.5) is 0 Å². The minimum absolute atomic E-state index is 0.0289. The van der Waals surface area contributed by atoms with Crippen molar-refractivity contribution in [2.75, 3.05) is 12.3 Å². The Balaban J connectivity index is 2.57. The Labute approximate surface area is 131 Å². The van der Waals surface area contributed by atoms with Gasteiger partial charge in [0.2, 0.25) is 10.0 Å². The summed E-state index contributed by atoms with van der Waals surface area (Å²) in [5.41, 5.74) is 0.528. The van der Waals surface area contributed by atoms with E-state index in [0.717, 1.165) is 5.56 Å². The van der Waals surface area contributed by atoms with Crippen LogP contribution in [0.1, 0.15) is 26.3 Å². The van der Waals surface area contributed by atoms with E-state index in [-0.39, 0.29) is 22.6 Å². The summed E-state index contributed by atoms with van der Waals surface area (Å²) in [6.07, 6.45) is 0.478. The number of rotatable bonds is 6. The normalized spacial score (nSPS) is 13.3. The van der Waals surface area contributed by atoms with E-state index < -0.39 is 19.1 Å². The number of sulfonamides is 1. The molecule has 0 unspecified atom stereocenters. The van der Waals surface area contributed by atoms with E-state index in [1.807, 2.05) is 20.8 Å². The molecule has 0 aromatic heterocycles. The van der Waals surface area contributed by atoms with Crippen molar-refractivity contribution in [3.8, 4) is 0 Å². The van der Waals surface area contributed by atoms with Crippen LogP contribution in [0.15, 0.2) is 29.2 Å². The van der Waals surface area contributed by atoms with Crippen molar-refractivity contribution >= 4 is 29.8 Å². The first kappa shape index (κ1) is 18.4. The molecule has 0 saturated heterocycles. The van der Waals surface area contributed by atoms with E-state index in [9.17, 15) is 16.8 Å². The van der Waals surface area contributed by atoms with Gasteiger partial charge >= 0.3 is 0 Å². The second-order valence-corrected chi connectivity index (χ2v) is 10.4. The molecule has 0 radical (unpaired) electrons. The van der Waals surface area contributed by atoms with Crippen LogP contribution >= 0.6 is 10.7 Å². The monoisotopic (exact) mass is 353 g/mol. The van der Waals surface area contributed by atoms with Crippen LogP contribution in [0.3, 0.4) is 0 Å². The molecule has 0 fully saturated rings. The van der Waals surface area contributed by atoms with Crippen molar-refractivity contribution in [3.63, 3.8) is 0 Å². The molecule has 0 heterocycles. The fourth-order valence-corrected chi connectivity index (χ4v) is 4.22. The standard InChI is InChI=1S/C13H20ClNO4S2/c1-13(2,3)10-20(16,17)15-9-8-11-4-6-12(7-5-11)21(14,18)19/h4-7,15H,8-10H2,1-3H3. The summed E-state index contributed by atoms with van der Waals surface area (Å²) in [6, 6.07) is 6.04.